The lowest BCUT2D eigenvalue weighted by molar-refractivity contribution is -0.120. The van der Waals surface area contributed by atoms with Crippen LogP contribution in [0, 0.1) is 13.8 Å². The Labute approximate surface area is 182 Å². The van der Waals surface area contributed by atoms with Crippen LogP contribution in [0.3, 0.4) is 0 Å². The second kappa shape index (κ2) is 8.48. The number of nitrogens with one attached hydrogen (secondary N) is 1. The van der Waals surface area contributed by atoms with Crippen LogP contribution in [-0.2, 0) is 9.59 Å². The lowest BCUT2D eigenvalue weighted by atomic mass is 10.0. The Bertz CT molecular complexity index is 1180. The number of carbonyl (C=O) groups excluding carboxylic acids is 2. The van der Waals surface area contributed by atoms with E-state index in [-0.39, 0.29) is 17.5 Å². The smallest absolute Gasteiger partial charge is 0.282 e. The molecule has 0 saturated heterocycles. The molecule has 4 rings (SSSR count). The summed E-state index contributed by atoms with van der Waals surface area (Å²) < 4.78 is 5.57. The highest BCUT2D eigenvalue weighted by Gasteiger charge is 2.40. The number of amides is 2. The highest BCUT2D eigenvalue weighted by atomic mass is 16.5. The maximum atomic E-state index is 13.5. The second-order valence-electron chi connectivity index (χ2n) is 7.44. The number of hydrogen-bond acceptors (Lipinski definition) is 4. The zero-order valence-electron chi connectivity index (χ0n) is 17.8. The van der Waals surface area contributed by atoms with E-state index in [4.69, 9.17) is 4.74 Å². The quantitative estimate of drug-likeness (QED) is 0.573. The van der Waals surface area contributed by atoms with Crippen LogP contribution >= 0.6 is 0 Å². The third-order valence-electron chi connectivity index (χ3n) is 5.15. The van der Waals surface area contributed by atoms with Crippen LogP contribution in [0.15, 0.2) is 78.5 Å². The van der Waals surface area contributed by atoms with Crippen LogP contribution in [0.2, 0.25) is 0 Å². The van der Waals surface area contributed by atoms with E-state index < -0.39 is 0 Å². The predicted molar refractivity (Wildman–Crippen MR) is 123 cm³/mol. The Balaban J connectivity index is 1.80. The number of anilines is 2. The summed E-state index contributed by atoms with van der Waals surface area (Å²) in [5.41, 5.74) is 4.51. The van der Waals surface area contributed by atoms with Gasteiger partial charge in [-0.15, -0.1) is 0 Å². The second-order valence-corrected chi connectivity index (χ2v) is 7.44. The van der Waals surface area contributed by atoms with E-state index in [1.54, 1.807) is 0 Å². The molecule has 1 aliphatic heterocycles. The maximum Gasteiger partial charge on any atom is 0.282 e. The van der Waals surface area contributed by atoms with Gasteiger partial charge in [0.25, 0.3) is 11.8 Å². The molecular weight excluding hydrogens is 388 g/mol. The van der Waals surface area contributed by atoms with E-state index in [0.29, 0.717) is 34.9 Å². The monoisotopic (exact) mass is 412 g/mol. The third kappa shape index (κ3) is 3.94. The van der Waals surface area contributed by atoms with Gasteiger partial charge < -0.3 is 10.1 Å². The van der Waals surface area contributed by atoms with E-state index in [9.17, 15) is 9.59 Å². The van der Waals surface area contributed by atoms with Gasteiger partial charge in [-0.25, -0.2) is 4.90 Å². The average molecular weight is 412 g/mol. The Morgan fingerprint density at radius 3 is 2.35 bits per heavy atom. The summed E-state index contributed by atoms with van der Waals surface area (Å²) in [6.07, 6.45) is 0. The van der Waals surface area contributed by atoms with Crippen LogP contribution < -0.4 is 15.0 Å². The summed E-state index contributed by atoms with van der Waals surface area (Å²) in [6, 6.07) is 22.3. The molecule has 1 aliphatic rings. The summed E-state index contributed by atoms with van der Waals surface area (Å²) >= 11 is 0. The van der Waals surface area contributed by atoms with E-state index >= 15 is 0 Å². The summed E-state index contributed by atoms with van der Waals surface area (Å²) in [5.74, 6) is -0.0263. The molecule has 5 heteroatoms. The van der Waals surface area contributed by atoms with E-state index in [0.717, 1.165) is 11.1 Å². The molecular formula is C26H24N2O3. The molecule has 1 heterocycles. The fourth-order valence-corrected chi connectivity index (χ4v) is 3.77. The number of nitrogens with zero attached hydrogens (tertiary/aromatic N) is 1. The number of rotatable bonds is 6. The first kappa shape index (κ1) is 20.4. The topological polar surface area (TPSA) is 58.6 Å². The van der Waals surface area contributed by atoms with Gasteiger partial charge in [-0.3, -0.25) is 9.59 Å². The molecule has 2 amide bonds. The zero-order chi connectivity index (χ0) is 22.0. The van der Waals surface area contributed by atoms with Crippen molar-refractivity contribution in [1.29, 1.82) is 0 Å². The molecule has 3 aromatic carbocycles. The molecule has 5 nitrogen and oxygen atoms in total. The number of hydrogen-bond donors (Lipinski definition) is 1. The Morgan fingerprint density at radius 2 is 1.65 bits per heavy atom. The first-order valence-corrected chi connectivity index (χ1v) is 10.2. The number of aryl methyl sites for hydroxylation is 2. The fraction of sp³-hybridized carbons (Fsp3) is 0.154. The van der Waals surface area contributed by atoms with Gasteiger partial charge in [-0.1, -0.05) is 54.1 Å². The lowest BCUT2D eigenvalue weighted by Crippen LogP contribution is -2.33. The molecule has 0 aromatic heterocycles. The molecule has 1 N–H and O–H groups in total. The standard InChI is InChI=1S/C26H24N2O3/c1-4-31-21-12-8-11-20(16-21)27-24-23(19-9-6-5-7-10-19)25(29)28(26(24)30)22-14-13-17(2)15-18(22)3/h5-16,27H,4H2,1-3H3. The molecule has 0 saturated carbocycles. The van der Waals surface area contributed by atoms with Crippen molar-refractivity contribution >= 4 is 28.8 Å². The molecule has 0 unspecified atom stereocenters. The fourth-order valence-electron chi connectivity index (χ4n) is 3.77. The Kier molecular flexibility index (Phi) is 5.58. The average Bonchev–Trinajstić information content (AvgIpc) is 2.99. The van der Waals surface area contributed by atoms with Crippen molar-refractivity contribution in [3.63, 3.8) is 0 Å². The lowest BCUT2D eigenvalue weighted by Gasteiger charge is -2.18. The molecule has 3 aromatic rings. The van der Waals surface area contributed by atoms with Gasteiger partial charge in [-0.05, 0) is 50.1 Å². The summed E-state index contributed by atoms with van der Waals surface area (Å²) in [5, 5.41) is 3.19. The summed E-state index contributed by atoms with van der Waals surface area (Å²) in [7, 11) is 0. The van der Waals surface area contributed by atoms with E-state index in [1.165, 1.54) is 4.90 Å². The van der Waals surface area contributed by atoms with Gasteiger partial charge in [0.1, 0.15) is 11.4 Å². The molecule has 0 radical (unpaired) electrons. The van der Waals surface area contributed by atoms with Gasteiger partial charge in [0.15, 0.2) is 0 Å². The molecule has 0 spiro atoms. The molecule has 0 aliphatic carbocycles. The minimum absolute atomic E-state index is 0.254. The van der Waals surface area contributed by atoms with E-state index in [2.05, 4.69) is 5.32 Å². The van der Waals surface area contributed by atoms with Crippen molar-refractivity contribution in [2.45, 2.75) is 20.8 Å². The highest BCUT2D eigenvalue weighted by Crippen LogP contribution is 2.35. The zero-order valence-corrected chi connectivity index (χ0v) is 17.8. The van der Waals surface area contributed by atoms with Crippen LogP contribution in [0.4, 0.5) is 11.4 Å². The van der Waals surface area contributed by atoms with Gasteiger partial charge in [0, 0.05) is 11.8 Å². The van der Waals surface area contributed by atoms with Crippen LogP contribution in [0.1, 0.15) is 23.6 Å². The molecule has 31 heavy (non-hydrogen) atoms. The molecule has 156 valence electrons. The first-order valence-electron chi connectivity index (χ1n) is 10.2. The minimum Gasteiger partial charge on any atom is -0.494 e. The Morgan fingerprint density at radius 1 is 0.871 bits per heavy atom. The number of imide groups is 1. The summed E-state index contributed by atoms with van der Waals surface area (Å²) in [6.45, 7) is 6.34. The molecule has 0 bridgehead atoms. The van der Waals surface area contributed by atoms with Gasteiger partial charge in [0.05, 0.1) is 17.9 Å². The van der Waals surface area contributed by atoms with Crippen molar-refractivity contribution < 1.29 is 14.3 Å². The van der Waals surface area contributed by atoms with Gasteiger partial charge in [-0.2, -0.15) is 0 Å². The predicted octanol–water partition coefficient (Wildman–Crippen LogP) is 5.10. The third-order valence-corrected chi connectivity index (χ3v) is 5.15. The number of ether oxygens (including phenoxy) is 1. The van der Waals surface area contributed by atoms with Crippen LogP contribution in [0.5, 0.6) is 5.75 Å². The van der Waals surface area contributed by atoms with Crippen molar-refractivity contribution in [3.8, 4) is 5.75 Å². The Hall–Kier alpha value is -3.86. The highest BCUT2D eigenvalue weighted by molar-refractivity contribution is 6.46. The first-order chi connectivity index (χ1) is 15.0. The van der Waals surface area contributed by atoms with Crippen molar-refractivity contribution in [2.75, 3.05) is 16.8 Å². The van der Waals surface area contributed by atoms with Gasteiger partial charge >= 0.3 is 0 Å². The molecule has 0 fully saturated rings. The van der Waals surface area contributed by atoms with E-state index in [1.807, 2.05) is 93.6 Å². The number of carbonyl (C=O) groups is 2. The number of benzene rings is 3. The normalized spacial score (nSPS) is 13.7. The largest absolute Gasteiger partial charge is 0.494 e. The molecule has 0 atom stereocenters. The van der Waals surface area contributed by atoms with Crippen molar-refractivity contribution in [1.82, 2.24) is 0 Å². The minimum atomic E-state index is -0.377. The SMILES string of the molecule is CCOc1cccc(NC2=C(c3ccccc3)C(=O)N(c3ccc(C)cc3C)C2=O)c1. The maximum absolute atomic E-state index is 13.5. The summed E-state index contributed by atoms with van der Waals surface area (Å²) in [4.78, 5) is 28.3. The van der Waals surface area contributed by atoms with Crippen LogP contribution in [0.25, 0.3) is 5.57 Å². The van der Waals surface area contributed by atoms with Crippen molar-refractivity contribution in [2.24, 2.45) is 0 Å². The van der Waals surface area contributed by atoms with Crippen LogP contribution in [-0.4, -0.2) is 18.4 Å². The van der Waals surface area contributed by atoms with Crippen molar-refractivity contribution in [3.05, 3.63) is 95.2 Å². The van der Waals surface area contributed by atoms with Gasteiger partial charge in [0.2, 0.25) is 0 Å².